The molecule has 5 heteroatoms. The minimum absolute atomic E-state index is 0.133. The van der Waals surface area contributed by atoms with Crippen molar-refractivity contribution in [3.63, 3.8) is 0 Å². The van der Waals surface area contributed by atoms with Crippen LogP contribution in [0.5, 0.6) is 0 Å². The van der Waals surface area contributed by atoms with Crippen LogP contribution in [-0.4, -0.2) is 26.2 Å². The minimum atomic E-state index is -0.269. The molecule has 1 atom stereocenters. The van der Waals surface area contributed by atoms with Gasteiger partial charge in [0.25, 0.3) is 0 Å². The second-order valence-corrected chi connectivity index (χ2v) is 5.68. The van der Waals surface area contributed by atoms with E-state index in [9.17, 15) is 4.79 Å². The highest BCUT2D eigenvalue weighted by Crippen LogP contribution is 2.32. The summed E-state index contributed by atoms with van der Waals surface area (Å²) in [4.78, 5) is 12.4. The van der Waals surface area contributed by atoms with E-state index in [1.54, 1.807) is 11.3 Å². The topological polar surface area (TPSA) is 38.3 Å². The molecule has 0 bridgehead atoms. The Morgan fingerprint density at radius 3 is 2.80 bits per heavy atom. The molecule has 0 aliphatic heterocycles. The van der Waals surface area contributed by atoms with Crippen molar-refractivity contribution >= 4 is 28.9 Å². The summed E-state index contributed by atoms with van der Waals surface area (Å²) in [6.07, 6.45) is 0. The molecule has 1 unspecified atom stereocenters. The summed E-state index contributed by atoms with van der Waals surface area (Å²) in [5.41, 5.74) is 1.06. The average Bonchev–Trinajstić information content (AvgIpc) is 2.98. The van der Waals surface area contributed by atoms with Crippen LogP contribution in [0.2, 0.25) is 5.02 Å². The van der Waals surface area contributed by atoms with Gasteiger partial charge in [-0.05, 0) is 23.1 Å². The van der Waals surface area contributed by atoms with Crippen molar-refractivity contribution in [3.05, 3.63) is 57.2 Å². The summed E-state index contributed by atoms with van der Waals surface area (Å²) in [6, 6.07) is 11.9. The molecule has 106 valence electrons. The van der Waals surface area contributed by atoms with Gasteiger partial charge >= 0.3 is 5.97 Å². The van der Waals surface area contributed by atoms with Gasteiger partial charge in [0.05, 0.1) is 13.7 Å². The number of methoxy groups -OCH3 is 1. The van der Waals surface area contributed by atoms with Crippen LogP contribution in [0.25, 0.3) is 0 Å². The molecule has 1 aromatic heterocycles. The number of carbonyl (C=O) groups excluding carboxylic acids is 1. The SMILES string of the molecule is COC(=O)CNCC(c1cccs1)c1ccccc1Cl. The summed E-state index contributed by atoms with van der Waals surface area (Å²) in [5.74, 6) is -0.137. The van der Waals surface area contributed by atoms with Crippen LogP contribution in [0.3, 0.4) is 0 Å². The molecule has 3 nitrogen and oxygen atoms in total. The van der Waals surface area contributed by atoms with Gasteiger partial charge in [-0.3, -0.25) is 4.79 Å². The molecular formula is C15H16ClNO2S. The average molecular weight is 310 g/mol. The van der Waals surface area contributed by atoms with Crippen molar-refractivity contribution in [3.8, 4) is 0 Å². The Hall–Kier alpha value is -1.36. The molecule has 0 aliphatic carbocycles. The van der Waals surface area contributed by atoms with Crippen LogP contribution in [0.4, 0.5) is 0 Å². The van der Waals surface area contributed by atoms with E-state index >= 15 is 0 Å². The Labute approximate surface area is 127 Å². The van der Waals surface area contributed by atoms with E-state index in [0.29, 0.717) is 6.54 Å². The molecule has 0 saturated heterocycles. The summed E-state index contributed by atoms with van der Waals surface area (Å²) in [6.45, 7) is 0.835. The standard InChI is InChI=1S/C15H16ClNO2S/c1-19-15(18)10-17-9-12(14-7-4-8-20-14)11-5-2-3-6-13(11)16/h2-8,12,17H,9-10H2,1H3. The fourth-order valence-electron chi connectivity index (χ4n) is 2.00. The van der Waals surface area contributed by atoms with Gasteiger partial charge in [-0.1, -0.05) is 35.9 Å². The van der Waals surface area contributed by atoms with Crippen molar-refractivity contribution in [2.24, 2.45) is 0 Å². The number of carbonyl (C=O) groups is 1. The first-order valence-electron chi connectivity index (χ1n) is 6.27. The molecule has 0 amide bonds. The first-order valence-corrected chi connectivity index (χ1v) is 7.53. The number of ether oxygens (including phenoxy) is 1. The maximum absolute atomic E-state index is 11.2. The van der Waals surface area contributed by atoms with Crippen molar-refractivity contribution in [1.29, 1.82) is 0 Å². The third-order valence-electron chi connectivity index (χ3n) is 3.01. The van der Waals surface area contributed by atoms with E-state index < -0.39 is 0 Å². The van der Waals surface area contributed by atoms with Crippen LogP contribution in [0.15, 0.2) is 41.8 Å². The van der Waals surface area contributed by atoms with Crippen LogP contribution >= 0.6 is 22.9 Å². The molecule has 1 heterocycles. The molecule has 0 radical (unpaired) electrons. The van der Waals surface area contributed by atoms with Crippen molar-refractivity contribution in [1.82, 2.24) is 5.32 Å². The Morgan fingerprint density at radius 2 is 2.15 bits per heavy atom. The lowest BCUT2D eigenvalue weighted by Gasteiger charge is -2.18. The molecule has 1 aromatic carbocycles. The van der Waals surface area contributed by atoms with Gasteiger partial charge in [0.15, 0.2) is 0 Å². The molecule has 2 rings (SSSR count). The van der Waals surface area contributed by atoms with Gasteiger partial charge in [-0.15, -0.1) is 11.3 Å². The van der Waals surface area contributed by atoms with Crippen LogP contribution < -0.4 is 5.32 Å². The number of halogens is 1. The van der Waals surface area contributed by atoms with E-state index in [2.05, 4.69) is 16.1 Å². The highest BCUT2D eigenvalue weighted by atomic mass is 35.5. The minimum Gasteiger partial charge on any atom is -0.468 e. The van der Waals surface area contributed by atoms with Crippen molar-refractivity contribution in [2.75, 3.05) is 20.2 Å². The third kappa shape index (κ3) is 3.82. The summed E-state index contributed by atoms with van der Waals surface area (Å²) < 4.78 is 4.63. The van der Waals surface area contributed by atoms with Crippen LogP contribution in [0, 0.1) is 0 Å². The fourth-order valence-corrected chi connectivity index (χ4v) is 3.12. The van der Waals surface area contributed by atoms with Crippen LogP contribution in [-0.2, 0) is 9.53 Å². The lowest BCUT2D eigenvalue weighted by molar-refractivity contribution is -0.139. The predicted octanol–water partition coefficient (Wildman–Crippen LogP) is 3.30. The van der Waals surface area contributed by atoms with Gasteiger partial charge in [0, 0.05) is 22.4 Å². The smallest absolute Gasteiger partial charge is 0.319 e. The van der Waals surface area contributed by atoms with Gasteiger partial charge in [-0.2, -0.15) is 0 Å². The first-order chi connectivity index (χ1) is 9.72. The monoisotopic (exact) mass is 309 g/mol. The number of rotatable bonds is 6. The Kier molecular flexibility index (Phi) is 5.59. The number of thiophene rings is 1. The number of esters is 1. The van der Waals surface area contributed by atoms with E-state index in [-0.39, 0.29) is 18.4 Å². The number of hydrogen-bond acceptors (Lipinski definition) is 4. The molecule has 20 heavy (non-hydrogen) atoms. The van der Waals surface area contributed by atoms with E-state index in [0.717, 1.165) is 10.6 Å². The van der Waals surface area contributed by atoms with Crippen LogP contribution in [0.1, 0.15) is 16.4 Å². The zero-order chi connectivity index (χ0) is 14.4. The van der Waals surface area contributed by atoms with Gasteiger partial charge in [0.1, 0.15) is 0 Å². The highest BCUT2D eigenvalue weighted by molar-refractivity contribution is 7.10. The second kappa shape index (κ2) is 7.43. The van der Waals surface area contributed by atoms with Gasteiger partial charge in [0.2, 0.25) is 0 Å². The maximum atomic E-state index is 11.2. The zero-order valence-corrected chi connectivity index (χ0v) is 12.7. The molecular weight excluding hydrogens is 294 g/mol. The largest absolute Gasteiger partial charge is 0.468 e. The number of benzene rings is 1. The normalized spacial score (nSPS) is 12.1. The Bertz CT molecular complexity index is 557. The predicted molar refractivity (Wildman–Crippen MR) is 82.5 cm³/mol. The Morgan fingerprint density at radius 1 is 1.35 bits per heavy atom. The summed E-state index contributed by atoms with van der Waals surface area (Å²) in [7, 11) is 1.38. The summed E-state index contributed by atoms with van der Waals surface area (Å²) in [5, 5.41) is 5.91. The summed E-state index contributed by atoms with van der Waals surface area (Å²) >= 11 is 7.97. The van der Waals surface area contributed by atoms with E-state index in [1.807, 2.05) is 35.7 Å². The highest BCUT2D eigenvalue weighted by Gasteiger charge is 2.18. The molecule has 0 spiro atoms. The van der Waals surface area contributed by atoms with Crippen molar-refractivity contribution in [2.45, 2.75) is 5.92 Å². The Balaban J connectivity index is 2.14. The number of nitrogens with one attached hydrogen (secondary N) is 1. The maximum Gasteiger partial charge on any atom is 0.319 e. The second-order valence-electron chi connectivity index (χ2n) is 4.30. The van der Waals surface area contributed by atoms with Gasteiger partial charge < -0.3 is 10.1 Å². The molecule has 0 saturated carbocycles. The van der Waals surface area contributed by atoms with Crippen molar-refractivity contribution < 1.29 is 9.53 Å². The first kappa shape index (κ1) is 15.0. The third-order valence-corrected chi connectivity index (χ3v) is 4.34. The molecule has 0 aliphatic rings. The van der Waals surface area contributed by atoms with E-state index in [1.165, 1.54) is 12.0 Å². The quantitative estimate of drug-likeness (QED) is 0.832. The fraction of sp³-hybridized carbons (Fsp3) is 0.267. The lowest BCUT2D eigenvalue weighted by atomic mass is 9.97. The lowest BCUT2D eigenvalue weighted by Crippen LogP contribution is -2.28. The number of hydrogen-bond donors (Lipinski definition) is 1. The van der Waals surface area contributed by atoms with E-state index in [4.69, 9.17) is 11.6 Å². The molecule has 0 fully saturated rings. The molecule has 2 aromatic rings. The zero-order valence-electron chi connectivity index (χ0n) is 11.1. The van der Waals surface area contributed by atoms with Gasteiger partial charge in [-0.25, -0.2) is 0 Å². The molecule has 1 N–H and O–H groups in total.